The van der Waals surface area contributed by atoms with Crippen LogP contribution in [0.4, 0.5) is 0 Å². The highest BCUT2D eigenvalue weighted by Crippen LogP contribution is 2.20. The summed E-state index contributed by atoms with van der Waals surface area (Å²) in [6.07, 6.45) is 1.80. The molecule has 3 aromatic rings. The van der Waals surface area contributed by atoms with Crippen LogP contribution in [0.25, 0.3) is 0 Å². The highest BCUT2D eigenvalue weighted by molar-refractivity contribution is 9.10. The van der Waals surface area contributed by atoms with Crippen LogP contribution < -0.4 is 0 Å². The fraction of sp³-hybridized carbons (Fsp3) is 0.444. The maximum atomic E-state index is 12.8. The second-order valence-electron chi connectivity index (χ2n) is 6.80. The van der Waals surface area contributed by atoms with Gasteiger partial charge in [0.15, 0.2) is 0 Å². The lowest BCUT2D eigenvalue weighted by molar-refractivity contribution is 0.0777. The minimum absolute atomic E-state index is 0.119. The molecule has 0 aromatic carbocycles. The highest BCUT2D eigenvalue weighted by atomic mass is 79.9. The number of nitrogens with zero attached hydrogens (tertiary/aromatic N) is 7. The van der Waals surface area contributed by atoms with Gasteiger partial charge in [-0.05, 0) is 49.7 Å². The minimum atomic E-state index is -0.119. The molecular weight excluding hydrogens is 410 g/mol. The van der Waals surface area contributed by atoms with E-state index in [1.165, 1.54) is 0 Å². The predicted molar refractivity (Wildman–Crippen MR) is 106 cm³/mol. The molecule has 0 radical (unpaired) electrons. The summed E-state index contributed by atoms with van der Waals surface area (Å²) in [5, 5.41) is 13.3. The van der Waals surface area contributed by atoms with Gasteiger partial charge in [-0.3, -0.25) is 14.2 Å². The Labute approximate surface area is 166 Å². The molecule has 3 rings (SSSR count). The Kier molecular flexibility index (Phi) is 5.23. The van der Waals surface area contributed by atoms with Crippen molar-refractivity contribution in [1.82, 2.24) is 34.2 Å². The highest BCUT2D eigenvalue weighted by Gasteiger charge is 2.19. The summed E-state index contributed by atoms with van der Waals surface area (Å²) < 4.78 is 6.40. The lowest BCUT2D eigenvalue weighted by Gasteiger charge is -2.16. The van der Waals surface area contributed by atoms with Crippen LogP contribution in [0.2, 0.25) is 0 Å². The summed E-state index contributed by atoms with van der Waals surface area (Å²) in [5.41, 5.74) is 5.44. The summed E-state index contributed by atoms with van der Waals surface area (Å²) in [6.45, 7) is 8.86. The zero-order chi connectivity index (χ0) is 19.9. The number of rotatable bonds is 5. The third kappa shape index (κ3) is 3.69. The van der Waals surface area contributed by atoms with Crippen molar-refractivity contribution in [2.45, 2.75) is 40.9 Å². The Morgan fingerprint density at radius 2 is 1.81 bits per heavy atom. The van der Waals surface area contributed by atoms with E-state index in [0.717, 1.165) is 32.8 Å². The van der Waals surface area contributed by atoms with Crippen LogP contribution in [0.3, 0.4) is 0 Å². The maximum absolute atomic E-state index is 12.8. The number of amides is 1. The van der Waals surface area contributed by atoms with E-state index >= 15 is 0 Å². The van der Waals surface area contributed by atoms with E-state index in [9.17, 15) is 4.79 Å². The maximum Gasteiger partial charge on any atom is 0.274 e. The lowest BCUT2D eigenvalue weighted by atomic mass is 10.2. The molecule has 0 atom stereocenters. The molecule has 0 aliphatic rings. The second-order valence-corrected chi connectivity index (χ2v) is 7.59. The summed E-state index contributed by atoms with van der Waals surface area (Å²) >= 11 is 3.53. The van der Waals surface area contributed by atoms with Gasteiger partial charge in [0.2, 0.25) is 0 Å². The van der Waals surface area contributed by atoms with Crippen molar-refractivity contribution >= 4 is 21.8 Å². The van der Waals surface area contributed by atoms with Crippen LogP contribution in [0, 0.1) is 27.7 Å². The van der Waals surface area contributed by atoms with Crippen LogP contribution >= 0.6 is 15.9 Å². The van der Waals surface area contributed by atoms with Crippen molar-refractivity contribution in [2.75, 3.05) is 7.05 Å². The Balaban J connectivity index is 1.73. The Morgan fingerprint density at radius 1 is 1.11 bits per heavy atom. The molecule has 0 saturated carbocycles. The van der Waals surface area contributed by atoms with Gasteiger partial charge in [-0.15, -0.1) is 0 Å². The first-order valence-electron chi connectivity index (χ1n) is 8.66. The van der Waals surface area contributed by atoms with Crippen molar-refractivity contribution in [3.05, 3.63) is 50.8 Å². The van der Waals surface area contributed by atoms with Crippen LogP contribution in [-0.4, -0.2) is 47.2 Å². The summed E-state index contributed by atoms with van der Waals surface area (Å²) in [6, 6.07) is 1.74. The molecular formula is C18H24BrN7O. The molecule has 0 spiro atoms. The van der Waals surface area contributed by atoms with Gasteiger partial charge in [-0.1, -0.05) is 0 Å². The van der Waals surface area contributed by atoms with Gasteiger partial charge < -0.3 is 4.90 Å². The smallest absolute Gasteiger partial charge is 0.274 e. The van der Waals surface area contributed by atoms with Gasteiger partial charge in [-0.2, -0.15) is 15.3 Å². The summed E-state index contributed by atoms with van der Waals surface area (Å²) in [5.74, 6) is -0.119. The Bertz CT molecular complexity index is 998. The lowest BCUT2D eigenvalue weighted by Crippen LogP contribution is -2.27. The Morgan fingerprint density at radius 3 is 2.37 bits per heavy atom. The number of carbonyl (C=O) groups excluding carboxylic acids is 1. The third-order valence-corrected chi connectivity index (χ3v) is 5.98. The molecule has 0 saturated heterocycles. The minimum Gasteiger partial charge on any atom is -0.336 e. The number of halogens is 1. The van der Waals surface area contributed by atoms with E-state index in [1.807, 2.05) is 44.1 Å². The topological polar surface area (TPSA) is 73.8 Å². The molecule has 8 nitrogen and oxygen atoms in total. The SMILES string of the molecule is Cc1nn(Cn2ccc(C(=O)N(C)Cc3c(C)nn(C)c3C)n2)c(C)c1Br. The largest absolute Gasteiger partial charge is 0.336 e. The molecule has 0 aliphatic carbocycles. The van der Waals surface area contributed by atoms with Crippen molar-refractivity contribution in [3.63, 3.8) is 0 Å². The zero-order valence-corrected chi connectivity index (χ0v) is 18.1. The fourth-order valence-electron chi connectivity index (χ4n) is 3.06. The van der Waals surface area contributed by atoms with Gasteiger partial charge in [0, 0.05) is 38.1 Å². The van der Waals surface area contributed by atoms with Crippen molar-refractivity contribution in [2.24, 2.45) is 7.05 Å². The number of hydrogen-bond acceptors (Lipinski definition) is 4. The molecule has 3 aromatic heterocycles. The van der Waals surface area contributed by atoms with E-state index in [4.69, 9.17) is 0 Å². The van der Waals surface area contributed by atoms with E-state index in [1.54, 1.807) is 28.9 Å². The summed E-state index contributed by atoms with van der Waals surface area (Å²) in [7, 11) is 3.69. The average molecular weight is 434 g/mol. The molecule has 0 bridgehead atoms. The number of carbonyl (C=O) groups is 1. The summed E-state index contributed by atoms with van der Waals surface area (Å²) in [4.78, 5) is 14.4. The number of aryl methyl sites for hydroxylation is 3. The van der Waals surface area contributed by atoms with E-state index in [-0.39, 0.29) is 5.91 Å². The normalized spacial score (nSPS) is 11.2. The van der Waals surface area contributed by atoms with E-state index in [0.29, 0.717) is 18.9 Å². The van der Waals surface area contributed by atoms with Gasteiger partial charge >= 0.3 is 0 Å². The zero-order valence-electron chi connectivity index (χ0n) is 16.5. The first-order chi connectivity index (χ1) is 12.7. The predicted octanol–water partition coefficient (Wildman–Crippen LogP) is 2.59. The molecule has 0 aliphatic heterocycles. The van der Waals surface area contributed by atoms with E-state index in [2.05, 4.69) is 31.2 Å². The first kappa shape index (κ1) is 19.3. The molecule has 27 heavy (non-hydrogen) atoms. The third-order valence-electron chi connectivity index (χ3n) is 4.83. The molecule has 3 heterocycles. The van der Waals surface area contributed by atoms with E-state index < -0.39 is 0 Å². The molecule has 9 heteroatoms. The van der Waals surface area contributed by atoms with Gasteiger partial charge in [0.05, 0.1) is 21.6 Å². The standard InChI is InChI=1S/C18H24BrN7O/c1-11-15(13(3)24(6)20-11)9-23(5)18(27)16-7-8-25(22-16)10-26-14(4)17(19)12(2)21-26/h7-8H,9-10H2,1-6H3. The Hall–Kier alpha value is -2.42. The average Bonchev–Trinajstić information content (AvgIpc) is 3.25. The monoisotopic (exact) mass is 433 g/mol. The molecule has 0 unspecified atom stereocenters. The van der Waals surface area contributed by atoms with Crippen molar-refractivity contribution < 1.29 is 4.79 Å². The molecule has 1 amide bonds. The van der Waals surface area contributed by atoms with Crippen LogP contribution in [0.1, 0.15) is 38.8 Å². The van der Waals surface area contributed by atoms with Gasteiger partial charge in [-0.25, -0.2) is 4.68 Å². The van der Waals surface area contributed by atoms with Crippen molar-refractivity contribution in [1.29, 1.82) is 0 Å². The number of hydrogen-bond donors (Lipinski definition) is 0. The molecule has 0 N–H and O–H groups in total. The second kappa shape index (κ2) is 7.30. The van der Waals surface area contributed by atoms with Gasteiger partial charge in [0.25, 0.3) is 5.91 Å². The molecule has 144 valence electrons. The van der Waals surface area contributed by atoms with Gasteiger partial charge in [0.1, 0.15) is 12.4 Å². The molecule has 0 fully saturated rings. The van der Waals surface area contributed by atoms with Crippen LogP contribution in [0.5, 0.6) is 0 Å². The first-order valence-corrected chi connectivity index (χ1v) is 9.45. The van der Waals surface area contributed by atoms with Crippen LogP contribution in [-0.2, 0) is 20.3 Å². The van der Waals surface area contributed by atoms with Crippen LogP contribution in [0.15, 0.2) is 16.7 Å². The fourth-order valence-corrected chi connectivity index (χ4v) is 3.34. The quantitative estimate of drug-likeness (QED) is 0.619. The number of aromatic nitrogens is 6. The van der Waals surface area contributed by atoms with Crippen molar-refractivity contribution in [3.8, 4) is 0 Å².